The van der Waals surface area contributed by atoms with E-state index in [2.05, 4.69) is 34.6 Å². The van der Waals surface area contributed by atoms with E-state index in [0.717, 1.165) is 49.6 Å². The predicted molar refractivity (Wildman–Crippen MR) is 81.1 cm³/mol. The van der Waals surface area contributed by atoms with Crippen LogP contribution in [0.2, 0.25) is 0 Å². The molecule has 2 heterocycles. The molecule has 0 aliphatic carbocycles. The Hall–Kier alpha value is -1.30. The van der Waals surface area contributed by atoms with Crippen molar-refractivity contribution < 1.29 is 4.74 Å². The van der Waals surface area contributed by atoms with Gasteiger partial charge in [-0.25, -0.2) is 0 Å². The molecule has 20 heavy (non-hydrogen) atoms. The number of benzene rings is 1. The highest BCUT2D eigenvalue weighted by Crippen LogP contribution is 2.36. The Morgan fingerprint density at radius 3 is 2.75 bits per heavy atom. The molecule has 1 saturated heterocycles. The Morgan fingerprint density at radius 2 is 2.05 bits per heavy atom. The molecular formula is C15H24N4O. The zero-order valence-electron chi connectivity index (χ0n) is 12.3. The minimum absolute atomic E-state index is 0.0933. The zero-order chi connectivity index (χ0) is 14.1. The van der Waals surface area contributed by atoms with Crippen LogP contribution in [0, 0.1) is 6.92 Å². The zero-order valence-corrected chi connectivity index (χ0v) is 12.3. The van der Waals surface area contributed by atoms with E-state index < -0.39 is 0 Å². The molecule has 1 aromatic rings. The molecule has 0 amide bonds. The van der Waals surface area contributed by atoms with Crippen LogP contribution in [0.1, 0.15) is 23.6 Å². The molecule has 0 aromatic heterocycles. The highest BCUT2D eigenvalue weighted by molar-refractivity contribution is 5.61. The summed E-state index contributed by atoms with van der Waals surface area (Å²) in [5, 5.41) is 7.03. The van der Waals surface area contributed by atoms with Gasteiger partial charge >= 0.3 is 0 Å². The van der Waals surface area contributed by atoms with E-state index in [1.807, 2.05) is 0 Å². The number of fused-ring (bicyclic) bond motifs is 1. The van der Waals surface area contributed by atoms with Crippen molar-refractivity contribution in [2.45, 2.75) is 25.6 Å². The third kappa shape index (κ3) is 2.49. The van der Waals surface area contributed by atoms with Crippen LogP contribution in [-0.2, 0) is 0 Å². The molecule has 4 N–H and O–H groups in total. The first-order valence-corrected chi connectivity index (χ1v) is 7.34. The fourth-order valence-electron chi connectivity index (χ4n) is 3.20. The van der Waals surface area contributed by atoms with E-state index >= 15 is 0 Å². The van der Waals surface area contributed by atoms with Gasteiger partial charge < -0.3 is 21.1 Å². The number of nitrogens with zero attached hydrogens (tertiary/aromatic N) is 1. The van der Waals surface area contributed by atoms with E-state index in [4.69, 9.17) is 10.5 Å². The number of nitrogens with two attached hydrogens (primary N) is 1. The van der Waals surface area contributed by atoms with Crippen molar-refractivity contribution in [2.24, 2.45) is 5.73 Å². The maximum Gasteiger partial charge on any atom is 0.123 e. The average Bonchev–Trinajstić information content (AvgIpc) is 2.48. The van der Waals surface area contributed by atoms with Crippen LogP contribution in [0.5, 0.6) is 5.75 Å². The second-order valence-corrected chi connectivity index (χ2v) is 5.70. The standard InChI is InChI=1S/C15H24N4O/c1-10-7-11-12(16)8-15(19-5-3-17-4-6-19)18-13(11)9-14(10)20-2/h7,9,12,15,17-18H,3-6,8,16H2,1-2H3. The monoisotopic (exact) mass is 276 g/mol. The number of ether oxygens (including phenoxy) is 1. The Labute approximate surface area is 120 Å². The fourth-order valence-corrected chi connectivity index (χ4v) is 3.20. The molecule has 0 bridgehead atoms. The lowest BCUT2D eigenvalue weighted by molar-refractivity contribution is 0.172. The highest BCUT2D eigenvalue weighted by atomic mass is 16.5. The summed E-state index contributed by atoms with van der Waals surface area (Å²) in [6.45, 7) is 6.31. The van der Waals surface area contributed by atoms with Gasteiger partial charge in [-0.3, -0.25) is 4.90 Å². The fraction of sp³-hybridized carbons (Fsp3) is 0.600. The molecule has 0 saturated carbocycles. The van der Waals surface area contributed by atoms with Gasteiger partial charge in [-0.2, -0.15) is 0 Å². The van der Waals surface area contributed by atoms with E-state index in [0.29, 0.717) is 6.17 Å². The predicted octanol–water partition coefficient (Wildman–Crippen LogP) is 1.05. The van der Waals surface area contributed by atoms with E-state index in [1.54, 1.807) is 7.11 Å². The summed E-state index contributed by atoms with van der Waals surface area (Å²) >= 11 is 0. The normalized spacial score (nSPS) is 26.8. The van der Waals surface area contributed by atoms with Crippen molar-refractivity contribution in [1.29, 1.82) is 0 Å². The van der Waals surface area contributed by atoms with Crippen LogP contribution < -0.4 is 21.1 Å². The van der Waals surface area contributed by atoms with E-state index in [-0.39, 0.29) is 6.04 Å². The number of aryl methyl sites for hydroxylation is 1. The van der Waals surface area contributed by atoms with E-state index in [1.165, 1.54) is 5.56 Å². The average molecular weight is 276 g/mol. The molecule has 1 aromatic carbocycles. The number of anilines is 1. The molecule has 3 rings (SSSR count). The third-order valence-electron chi connectivity index (χ3n) is 4.36. The van der Waals surface area contributed by atoms with Crippen LogP contribution in [-0.4, -0.2) is 44.4 Å². The number of hydrogen-bond acceptors (Lipinski definition) is 5. The third-order valence-corrected chi connectivity index (χ3v) is 4.36. The van der Waals surface area contributed by atoms with Crippen LogP contribution in [0.15, 0.2) is 12.1 Å². The molecule has 110 valence electrons. The summed E-state index contributed by atoms with van der Waals surface area (Å²) in [4.78, 5) is 2.48. The first kappa shape index (κ1) is 13.7. The van der Waals surface area contributed by atoms with Crippen LogP contribution in [0.4, 0.5) is 5.69 Å². The summed E-state index contributed by atoms with van der Waals surface area (Å²) < 4.78 is 5.42. The lowest BCUT2D eigenvalue weighted by Gasteiger charge is -2.40. The minimum atomic E-state index is 0.0933. The van der Waals surface area contributed by atoms with Crippen molar-refractivity contribution in [3.05, 3.63) is 23.3 Å². The second-order valence-electron chi connectivity index (χ2n) is 5.70. The summed E-state index contributed by atoms with van der Waals surface area (Å²) in [6.07, 6.45) is 1.28. The molecule has 5 heteroatoms. The van der Waals surface area contributed by atoms with Gasteiger partial charge in [0, 0.05) is 50.4 Å². The molecule has 0 spiro atoms. The quantitative estimate of drug-likeness (QED) is 0.753. The van der Waals surface area contributed by atoms with Gasteiger partial charge in [-0.1, -0.05) is 0 Å². The van der Waals surface area contributed by atoms with Crippen molar-refractivity contribution in [3.63, 3.8) is 0 Å². The lowest BCUT2D eigenvalue weighted by Crippen LogP contribution is -2.53. The van der Waals surface area contributed by atoms with Crippen molar-refractivity contribution >= 4 is 5.69 Å². The Balaban J connectivity index is 1.85. The molecule has 1 fully saturated rings. The van der Waals surface area contributed by atoms with Gasteiger partial charge in [-0.05, 0) is 24.1 Å². The summed E-state index contributed by atoms with van der Waals surface area (Å²) in [5.41, 5.74) is 9.85. The van der Waals surface area contributed by atoms with E-state index in [9.17, 15) is 0 Å². The number of methoxy groups -OCH3 is 1. The Kier molecular flexibility index (Phi) is 3.83. The highest BCUT2D eigenvalue weighted by Gasteiger charge is 2.29. The largest absolute Gasteiger partial charge is 0.496 e. The van der Waals surface area contributed by atoms with Gasteiger partial charge in [0.25, 0.3) is 0 Å². The number of piperazine rings is 1. The second kappa shape index (κ2) is 5.60. The molecule has 0 radical (unpaired) electrons. The summed E-state index contributed by atoms with van der Waals surface area (Å²) in [7, 11) is 1.71. The molecule has 2 atom stereocenters. The Morgan fingerprint density at radius 1 is 1.30 bits per heavy atom. The molecule has 2 aliphatic heterocycles. The summed E-state index contributed by atoms with van der Waals surface area (Å²) in [5.74, 6) is 0.921. The van der Waals surface area contributed by atoms with Crippen molar-refractivity contribution in [2.75, 3.05) is 38.6 Å². The maximum absolute atomic E-state index is 6.38. The van der Waals surface area contributed by atoms with Crippen molar-refractivity contribution in [1.82, 2.24) is 10.2 Å². The Bertz CT molecular complexity index is 485. The smallest absolute Gasteiger partial charge is 0.123 e. The number of hydrogen-bond donors (Lipinski definition) is 3. The van der Waals surface area contributed by atoms with Crippen LogP contribution in [0.3, 0.4) is 0 Å². The van der Waals surface area contributed by atoms with Gasteiger partial charge in [-0.15, -0.1) is 0 Å². The molecular weight excluding hydrogens is 252 g/mol. The SMILES string of the molecule is COc1cc2c(cc1C)C(N)CC(N1CCNCC1)N2. The first-order chi connectivity index (χ1) is 9.69. The topological polar surface area (TPSA) is 62.6 Å². The van der Waals surface area contributed by atoms with Crippen molar-refractivity contribution in [3.8, 4) is 5.75 Å². The maximum atomic E-state index is 6.38. The van der Waals surface area contributed by atoms with Gasteiger partial charge in [0.15, 0.2) is 0 Å². The lowest BCUT2D eigenvalue weighted by atomic mass is 9.94. The molecule has 2 unspecified atom stereocenters. The summed E-state index contributed by atoms with van der Waals surface area (Å²) in [6, 6.07) is 4.33. The van der Waals surface area contributed by atoms with Crippen LogP contribution >= 0.6 is 0 Å². The minimum Gasteiger partial charge on any atom is -0.496 e. The number of rotatable bonds is 2. The number of nitrogens with one attached hydrogen (secondary N) is 2. The molecule has 5 nitrogen and oxygen atoms in total. The van der Waals surface area contributed by atoms with Gasteiger partial charge in [0.2, 0.25) is 0 Å². The van der Waals surface area contributed by atoms with Crippen LogP contribution in [0.25, 0.3) is 0 Å². The van der Waals surface area contributed by atoms with Gasteiger partial charge in [0.05, 0.1) is 13.3 Å². The first-order valence-electron chi connectivity index (χ1n) is 7.34. The molecule has 2 aliphatic rings. The van der Waals surface area contributed by atoms with Gasteiger partial charge in [0.1, 0.15) is 5.75 Å².